The Morgan fingerprint density at radius 3 is 2.34 bits per heavy atom. The summed E-state index contributed by atoms with van der Waals surface area (Å²) in [5.41, 5.74) is 3.97. The van der Waals surface area contributed by atoms with Gasteiger partial charge in [-0.1, -0.05) is 48.9 Å². The summed E-state index contributed by atoms with van der Waals surface area (Å²) in [6, 6.07) is 15.7. The van der Waals surface area contributed by atoms with Crippen molar-refractivity contribution in [2.75, 3.05) is 30.2 Å². The first-order valence-electron chi connectivity index (χ1n) is 11.4. The van der Waals surface area contributed by atoms with Gasteiger partial charge in [-0.2, -0.15) is 0 Å². The first-order valence-corrected chi connectivity index (χ1v) is 13.3. The molecule has 1 saturated heterocycles. The number of amides is 1. The number of anilines is 1. The quantitative estimate of drug-likeness (QED) is 0.588. The maximum Gasteiger partial charge on any atom is 0.232 e. The smallest absolute Gasteiger partial charge is 0.232 e. The molecule has 1 amide bonds. The summed E-state index contributed by atoms with van der Waals surface area (Å²) < 4.78 is 26.0. The van der Waals surface area contributed by atoms with Crippen LogP contribution in [-0.4, -0.2) is 45.1 Å². The number of sulfonamides is 1. The number of aryl methyl sites for hydroxylation is 1. The molecule has 1 N–H and O–H groups in total. The highest BCUT2D eigenvalue weighted by atomic mass is 32.2. The molecule has 3 rings (SSSR count). The second-order valence-corrected chi connectivity index (χ2v) is 10.5. The van der Waals surface area contributed by atoms with E-state index in [9.17, 15) is 13.2 Å². The minimum atomic E-state index is -3.42. The molecule has 1 fully saturated rings. The van der Waals surface area contributed by atoms with Crippen LogP contribution in [0.3, 0.4) is 0 Å². The maximum absolute atomic E-state index is 12.5. The van der Waals surface area contributed by atoms with Crippen LogP contribution in [0.25, 0.3) is 0 Å². The Morgan fingerprint density at radius 2 is 1.66 bits per heavy atom. The van der Waals surface area contributed by atoms with Gasteiger partial charge in [-0.25, -0.2) is 8.42 Å². The van der Waals surface area contributed by atoms with Crippen molar-refractivity contribution in [3.8, 4) is 0 Å². The molecule has 1 heterocycles. The van der Waals surface area contributed by atoms with Crippen molar-refractivity contribution >= 4 is 21.6 Å². The Kier molecular flexibility index (Phi) is 8.70. The number of hydrogen-bond acceptors (Lipinski definition) is 4. The summed E-state index contributed by atoms with van der Waals surface area (Å²) in [5, 5.41) is 3.01. The second-order valence-electron chi connectivity index (χ2n) is 8.61. The highest BCUT2D eigenvalue weighted by molar-refractivity contribution is 7.92. The van der Waals surface area contributed by atoms with Gasteiger partial charge in [0.25, 0.3) is 0 Å². The third-order valence-corrected chi connectivity index (χ3v) is 7.17. The summed E-state index contributed by atoms with van der Waals surface area (Å²) in [6.45, 7) is 5.86. The number of nitrogens with one attached hydrogen (secondary N) is 1. The molecular weight excluding hydrogens is 422 g/mol. The Labute approximate surface area is 192 Å². The number of nitrogens with zero attached hydrogens (tertiary/aromatic N) is 2. The molecule has 0 saturated carbocycles. The number of benzene rings is 2. The van der Waals surface area contributed by atoms with Gasteiger partial charge in [0.15, 0.2) is 0 Å². The van der Waals surface area contributed by atoms with E-state index < -0.39 is 10.0 Å². The highest BCUT2D eigenvalue weighted by Gasteiger charge is 2.19. The van der Waals surface area contributed by atoms with Crippen LogP contribution in [0, 0.1) is 6.92 Å². The molecule has 32 heavy (non-hydrogen) atoms. The average Bonchev–Trinajstić information content (AvgIpc) is 2.77. The topological polar surface area (TPSA) is 69.7 Å². The molecule has 0 radical (unpaired) electrons. The molecule has 2 aromatic rings. The van der Waals surface area contributed by atoms with Crippen LogP contribution in [0.4, 0.5) is 5.69 Å². The van der Waals surface area contributed by atoms with Gasteiger partial charge in [-0.15, -0.1) is 0 Å². The van der Waals surface area contributed by atoms with E-state index in [-0.39, 0.29) is 18.9 Å². The predicted octanol–water partition coefficient (Wildman–Crippen LogP) is 3.84. The fourth-order valence-corrected chi connectivity index (χ4v) is 5.24. The molecule has 174 valence electrons. The van der Waals surface area contributed by atoms with Crippen molar-refractivity contribution in [2.24, 2.45) is 0 Å². The lowest BCUT2D eigenvalue weighted by atomic mass is 10.0. The molecule has 0 bridgehead atoms. The number of carbonyl (C=O) groups is 1. The summed E-state index contributed by atoms with van der Waals surface area (Å²) in [5.74, 6) is -0.0592. The van der Waals surface area contributed by atoms with Crippen molar-refractivity contribution < 1.29 is 13.2 Å². The standard InChI is InChI=1S/C25H35N3O3S/c1-21-11-4-7-14-24(21)28(32(2,30)31)18-10-15-25(29)26-19-22-12-5-6-13-23(22)20-27-16-8-3-9-17-27/h4-7,11-14H,3,8-10,15-20H2,1-2H3,(H,26,29). The van der Waals surface area contributed by atoms with Gasteiger partial charge < -0.3 is 5.32 Å². The van der Waals surface area contributed by atoms with E-state index in [1.165, 1.54) is 35.4 Å². The lowest BCUT2D eigenvalue weighted by Gasteiger charge is -2.27. The lowest BCUT2D eigenvalue weighted by molar-refractivity contribution is -0.121. The molecular formula is C25H35N3O3S. The van der Waals surface area contributed by atoms with E-state index in [1.54, 1.807) is 6.07 Å². The zero-order chi connectivity index (χ0) is 23.0. The zero-order valence-electron chi connectivity index (χ0n) is 19.2. The van der Waals surface area contributed by atoms with Gasteiger partial charge in [0.05, 0.1) is 11.9 Å². The lowest BCUT2D eigenvalue weighted by Crippen LogP contribution is -2.32. The van der Waals surface area contributed by atoms with Crippen LogP contribution in [0.5, 0.6) is 0 Å². The maximum atomic E-state index is 12.5. The van der Waals surface area contributed by atoms with Gasteiger partial charge in [0, 0.05) is 26.1 Å². The van der Waals surface area contributed by atoms with E-state index in [0.717, 1.165) is 30.8 Å². The summed E-state index contributed by atoms with van der Waals surface area (Å²) in [4.78, 5) is 14.9. The number of likely N-dealkylation sites (tertiary alicyclic amines) is 1. The third-order valence-electron chi connectivity index (χ3n) is 5.99. The number of hydrogen-bond donors (Lipinski definition) is 1. The molecule has 0 aromatic heterocycles. The SMILES string of the molecule is Cc1ccccc1N(CCCC(=O)NCc1ccccc1CN1CCCCC1)S(C)(=O)=O. The number of carbonyl (C=O) groups excluding carboxylic acids is 1. The third kappa shape index (κ3) is 7.07. The van der Waals surface area contributed by atoms with Crippen molar-refractivity contribution in [2.45, 2.75) is 52.1 Å². The minimum absolute atomic E-state index is 0.0592. The molecule has 1 aliphatic rings. The van der Waals surface area contributed by atoms with Crippen LogP contribution in [0.15, 0.2) is 48.5 Å². The summed E-state index contributed by atoms with van der Waals surface area (Å²) in [7, 11) is -3.42. The van der Waals surface area contributed by atoms with Crippen molar-refractivity contribution in [1.82, 2.24) is 10.2 Å². The number of piperidine rings is 1. The van der Waals surface area contributed by atoms with Gasteiger partial charge in [-0.05, 0) is 62.0 Å². The van der Waals surface area contributed by atoms with Gasteiger partial charge in [0.1, 0.15) is 0 Å². The van der Waals surface area contributed by atoms with E-state index in [2.05, 4.69) is 28.4 Å². The normalized spacial score (nSPS) is 14.8. The Bertz CT molecular complexity index is 1000. The second kappa shape index (κ2) is 11.5. The number of para-hydroxylation sites is 1. The molecule has 1 aliphatic heterocycles. The molecule has 0 spiro atoms. The monoisotopic (exact) mass is 457 g/mol. The van der Waals surface area contributed by atoms with E-state index in [1.807, 2.05) is 31.2 Å². The summed E-state index contributed by atoms with van der Waals surface area (Å²) >= 11 is 0. The van der Waals surface area contributed by atoms with Crippen LogP contribution in [0.2, 0.25) is 0 Å². The van der Waals surface area contributed by atoms with Crippen LogP contribution in [0.1, 0.15) is 48.8 Å². The van der Waals surface area contributed by atoms with Gasteiger partial charge >= 0.3 is 0 Å². The van der Waals surface area contributed by atoms with E-state index in [4.69, 9.17) is 0 Å². The Balaban J connectivity index is 1.51. The fourth-order valence-electron chi connectivity index (χ4n) is 4.22. The molecule has 0 atom stereocenters. The zero-order valence-corrected chi connectivity index (χ0v) is 20.0. The van der Waals surface area contributed by atoms with Crippen molar-refractivity contribution in [1.29, 1.82) is 0 Å². The molecule has 6 nitrogen and oxygen atoms in total. The minimum Gasteiger partial charge on any atom is -0.352 e. The molecule has 2 aromatic carbocycles. The summed E-state index contributed by atoms with van der Waals surface area (Å²) in [6.07, 6.45) is 5.78. The fraction of sp³-hybridized carbons (Fsp3) is 0.480. The van der Waals surface area contributed by atoms with Crippen LogP contribution >= 0.6 is 0 Å². The Morgan fingerprint density at radius 1 is 1.00 bits per heavy atom. The molecule has 0 aliphatic carbocycles. The molecule has 7 heteroatoms. The average molecular weight is 458 g/mol. The van der Waals surface area contributed by atoms with Crippen molar-refractivity contribution in [3.63, 3.8) is 0 Å². The van der Waals surface area contributed by atoms with Gasteiger partial charge in [0.2, 0.25) is 15.9 Å². The Hall–Kier alpha value is -2.38. The van der Waals surface area contributed by atoms with E-state index in [0.29, 0.717) is 18.7 Å². The predicted molar refractivity (Wildman–Crippen MR) is 130 cm³/mol. The van der Waals surface area contributed by atoms with E-state index >= 15 is 0 Å². The molecule has 0 unspecified atom stereocenters. The van der Waals surface area contributed by atoms with Gasteiger partial charge in [-0.3, -0.25) is 14.0 Å². The van der Waals surface area contributed by atoms with Crippen molar-refractivity contribution in [3.05, 3.63) is 65.2 Å². The van der Waals surface area contributed by atoms with Crippen LogP contribution in [-0.2, 0) is 27.9 Å². The van der Waals surface area contributed by atoms with Crippen LogP contribution < -0.4 is 9.62 Å². The number of rotatable bonds is 10. The highest BCUT2D eigenvalue weighted by Crippen LogP contribution is 2.22. The largest absolute Gasteiger partial charge is 0.352 e. The first kappa shape index (κ1) is 24.3. The first-order chi connectivity index (χ1) is 15.3.